The van der Waals surface area contributed by atoms with Crippen molar-refractivity contribution in [3.63, 3.8) is 0 Å². The van der Waals surface area contributed by atoms with Crippen molar-refractivity contribution in [2.75, 3.05) is 14.2 Å². The first-order chi connectivity index (χ1) is 7.80. The minimum absolute atomic E-state index is 0.0509. The molecular weight excluding hydrogens is 204 g/mol. The lowest BCUT2D eigenvalue weighted by molar-refractivity contribution is -0.109. The molecule has 0 spiro atoms. The van der Waals surface area contributed by atoms with E-state index in [0.29, 0.717) is 5.92 Å². The number of hydrogen-bond acceptors (Lipinski definition) is 3. The average Bonchev–Trinajstić information content (AvgIpc) is 3.14. The predicted molar refractivity (Wildman–Crippen MR) is 61.1 cm³/mol. The third kappa shape index (κ3) is 2.03. The SMILES string of the molecule is COc1ccc(OC)c(C(C=O)C2CC2)c1. The lowest BCUT2D eigenvalue weighted by atomic mass is 9.94. The Bertz CT molecular complexity index is 383. The fraction of sp³-hybridized carbons (Fsp3) is 0.462. The lowest BCUT2D eigenvalue weighted by Gasteiger charge is -2.15. The normalized spacial score (nSPS) is 16.6. The fourth-order valence-electron chi connectivity index (χ4n) is 1.99. The van der Waals surface area contributed by atoms with E-state index < -0.39 is 0 Å². The van der Waals surface area contributed by atoms with Crippen LogP contribution in [-0.2, 0) is 4.79 Å². The molecule has 1 aromatic rings. The largest absolute Gasteiger partial charge is 0.497 e. The van der Waals surface area contributed by atoms with E-state index in [4.69, 9.17) is 9.47 Å². The zero-order valence-corrected chi connectivity index (χ0v) is 9.60. The van der Waals surface area contributed by atoms with Crippen molar-refractivity contribution in [1.29, 1.82) is 0 Å². The Morgan fingerprint density at radius 3 is 2.56 bits per heavy atom. The molecule has 0 saturated heterocycles. The number of methoxy groups -OCH3 is 2. The second-order valence-electron chi connectivity index (χ2n) is 4.11. The summed E-state index contributed by atoms with van der Waals surface area (Å²) in [7, 11) is 3.25. The van der Waals surface area contributed by atoms with E-state index in [9.17, 15) is 4.79 Å². The molecule has 2 rings (SSSR count). The second-order valence-corrected chi connectivity index (χ2v) is 4.11. The van der Waals surface area contributed by atoms with E-state index in [2.05, 4.69) is 0 Å². The topological polar surface area (TPSA) is 35.5 Å². The van der Waals surface area contributed by atoms with Crippen LogP contribution in [0.5, 0.6) is 11.5 Å². The highest BCUT2D eigenvalue weighted by molar-refractivity contribution is 5.66. The quantitative estimate of drug-likeness (QED) is 0.715. The van der Waals surface area contributed by atoms with E-state index in [-0.39, 0.29) is 5.92 Å². The first kappa shape index (κ1) is 11.0. The van der Waals surface area contributed by atoms with Gasteiger partial charge in [0.05, 0.1) is 14.2 Å². The Labute approximate surface area is 95.4 Å². The Hall–Kier alpha value is -1.51. The van der Waals surface area contributed by atoms with E-state index in [1.165, 1.54) is 0 Å². The third-order valence-electron chi connectivity index (χ3n) is 3.07. The van der Waals surface area contributed by atoms with Gasteiger partial charge in [-0.2, -0.15) is 0 Å². The Kier molecular flexibility index (Phi) is 3.13. The zero-order chi connectivity index (χ0) is 11.5. The average molecular weight is 220 g/mol. The van der Waals surface area contributed by atoms with Crippen LogP contribution in [0, 0.1) is 5.92 Å². The van der Waals surface area contributed by atoms with Crippen LogP contribution >= 0.6 is 0 Å². The number of carbonyl (C=O) groups excluding carboxylic acids is 1. The summed E-state index contributed by atoms with van der Waals surface area (Å²) < 4.78 is 10.5. The van der Waals surface area contributed by atoms with Crippen LogP contribution in [0.15, 0.2) is 18.2 Å². The molecule has 3 nitrogen and oxygen atoms in total. The van der Waals surface area contributed by atoms with Gasteiger partial charge in [0.15, 0.2) is 0 Å². The number of aldehydes is 1. The highest BCUT2D eigenvalue weighted by Gasteiger charge is 2.33. The summed E-state index contributed by atoms with van der Waals surface area (Å²) >= 11 is 0. The van der Waals surface area contributed by atoms with Gasteiger partial charge in [0, 0.05) is 11.5 Å². The van der Waals surface area contributed by atoms with Crippen molar-refractivity contribution in [2.24, 2.45) is 5.92 Å². The number of hydrogen-bond donors (Lipinski definition) is 0. The van der Waals surface area contributed by atoms with Crippen LogP contribution in [0.4, 0.5) is 0 Å². The summed E-state index contributed by atoms with van der Waals surface area (Å²) in [6.07, 6.45) is 3.28. The van der Waals surface area contributed by atoms with Crippen LogP contribution in [0.1, 0.15) is 24.3 Å². The summed E-state index contributed by atoms with van der Waals surface area (Å²) in [4.78, 5) is 11.2. The maximum atomic E-state index is 11.2. The molecule has 0 radical (unpaired) electrons. The molecule has 1 saturated carbocycles. The summed E-state index contributed by atoms with van der Waals surface area (Å²) in [6, 6.07) is 5.60. The molecule has 86 valence electrons. The first-order valence-corrected chi connectivity index (χ1v) is 5.47. The van der Waals surface area contributed by atoms with Gasteiger partial charge in [-0.15, -0.1) is 0 Å². The molecule has 0 aliphatic heterocycles. The van der Waals surface area contributed by atoms with Crippen molar-refractivity contribution in [2.45, 2.75) is 18.8 Å². The van der Waals surface area contributed by atoms with Gasteiger partial charge in [-0.05, 0) is 37.0 Å². The number of benzene rings is 1. The van der Waals surface area contributed by atoms with Gasteiger partial charge >= 0.3 is 0 Å². The minimum Gasteiger partial charge on any atom is -0.497 e. The van der Waals surface area contributed by atoms with Crippen molar-refractivity contribution in [1.82, 2.24) is 0 Å². The van der Waals surface area contributed by atoms with Crippen LogP contribution in [0.2, 0.25) is 0 Å². The summed E-state index contributed by atoms with van der Waals surface area (Å²) in [5, 5.41) is 0. The van der Waals surface area contributed by atoms with Gasteiger partial charge in [0.2, 0.25) is 0 Å². The van der Waals surface area contributed by atoms with E-state index in [1.54, 1.807) is 14.2 Å². The molecule has 1 aliphatic carbocycles. The molecule has 1 unspecified atom stereocenters. The first-order valence-electron chi connectivity index (χ1n) is 5.47. The predicted octanol–water partition coefficient (Wildman–Crippen LogP) is 2.40. The summed E-state index contributed by atoms with van der Waals surface area (Å²) in [5.74, 6) is 1.97. The van der Waals surface area contributed by atoms with Crippen LogP contribution in [-0.4, -0.2) is 20.5 Å². The molecule has 0 amide bonds. The molecular formula is C13H16O3. The number of carbonyl (C=O) groups is 1. The van der Waals surface area contributed by atoms with Gasteiger partial charge in [-0.25, -0.2) is 0 Å². The highest BCUT2D eigenvalue weighted by atomic mass is 16.5. The molecule has 0 bridgehead atoms. The van der Waals surface area contributed by atoms with E-state index >= 15 is 0 Å². The molecule has 1 aromatic carbocycles. The Morgan fingerprint density at radius 1 is 1.31 bits per heavy atom. The molecule has 1 aliphatic rings. The van der Waals surface area contributed by atoms with Gasteiger partial charge in [-0.1, -0.05) is 0 Å². The molecule has 0 aromatic heterocycles. The number of ether oxygens (including phenoxy) is 2. The highest BCUT2D eigenvalue weighted by Crippen LogP contribution is 2.44. The van der Waals surface area contributed by atoms with Crippen LogP contribution < -0.4 is 9.47 Å². The van der Waals surface area contributed by atoms with Crippen molar-refractivity contribution in [3.8, 4) is 11.5 Å². The van der Waals surface area contributed by atoms with Gasteiger partial charge in [-0.3, -0.25) is 0 Å². The molecule has 0 N–H and O–H groups in total. The Morgan fingerprint density at radius 2 is 2.06 bits per heavy atom. The zero-order valence-electron chi connectivity index (χ0n) is 9.60. The monoisotopic (exact) mass is 220 g/mol. The van der Waals surface area contributed by atoms with Crippen LogP contribution in [0.25, 0.3) is 0 Å². The summed E-state index contributed by atoms with van der Waals surface area (Å²) in [5.41, 5.74) is 0.944. The van der Waals surface area contributed by atoms with Crippen molar-refractivity contribution < 1.29 is 14.3 Å². The number of rotatable bonds is 5. The molecule has 1 fully saturated rings. The maximum Gasteiger partial charge on any atom is 0.127 e. The second kappa shape index (κ2) is 4.56. The van der Waals surface area contributed by atoms with Gasteiger partial charge in [0.25, 0.3) is 0 Å². The maximum absolute atomic E-state index is 11.2. The molecule has 0 heterocycles. The van der Waals surface area contributed by atoms with Crippen molar-refractivity contribution >= 4 is 6.29 Å². The van der Waals surface area contributed by atoms with Gasteiger partial charge < -0.3 is 14.3 Å². The van der Waals surface area contributed by atoms with E-state index in [0.717, 1.165) is 36.2 Å². The lowest BCUT2D eigenvalue weighted by Crippen LogP contribution is -2.05. The van der Waals surface area contributed by atoms with Crippen molar-refractivity contribution in [3.05, 3.63) is 23.8 Å². The van der Waals surface area contributed by atoms with E-state index in [1.807, 2.05) is 18.2 Å². The van der Waals surface area contributed by atoms with Crippen LogP contribution in [0.3, 0.4) is 0 Å². The third-order valence-corrected chi connectivity index (χ3v) is 3.07. The smallest absolute Gasteiger partial charge is 0.127 e. The standard InChI is InChI=1S/C13H16O3/c1-15-10-5-6-13(16-2)11(7-10)12(8-14)9-3-4-9/h5-9,12H,3-4H2,1-2H3. The summed E-state index contributed by atoms with van der Waals surface area (Å²) in [6.45, 7) is 0. The molecule has 16 heavy (non-hydrogen) atoms. The fourth-order valence-corrected chi connectivity index (χ4v) is 1.99. The molecule has 3 heteroatoms. The Balaban J connectivity index is 2.37. The molecule has 1 atom stereocenters. The minimum atomic E-state index is -0.0509. The van der Waals surface area contributed by atoms with Gasteiger partial charge in [0.1, 0.15) is 17.8 Å².